The minimum atomic E-state index is -3.85. The van der Waals surface area contributed by atoms with Gasteiger partial charge >= 0.3 is 10.3 Å². The maximum atomic E-state index is 10.5. The summed E-state index contributed by atoms with van der Waals surface area (Å²) in [6.07, 6.45) is 1.06. The minimum absolute atomic E-state index is 0. The molecule has 57 valence electrons. The van der Waals surface area contributed by atoms with E-state index in [1.165, 1.54) is 6.92 Å². The number of amides is 1. The van der Waals surface area contributed by atoms with Crippen LogP contribution < -0.4 is 4.72 Å². The van der Waals surface area contributed by atoms with Gasteiger partial charge in [-0.15, -0.1) is 0 Å². The fourth-order valence-electron chi connectivity index (χ4n) is 0.555. The summed E-state index contributed by atoms with van der Waals surface area (Å²) in [6, 6.07) is 0. The molecule has 0 saturated carbocycles. The van der Waals surface area contributed by atoms with Crippen molar-refractivity contribution in [3.05, 3.63) is 11.8 Å². The van der Waals surface area contributed by atoms with Crippen LogP contribution in [0.5, 0.6) is 0 Å². The molecule has 0 spiro atoms. The molecule has 7 heteroatoms. The Morgan fingerprint density at radius 3 is 2.45 bits per heavy atom. The van der Waals surface area contributed by atoms with Crippen molar-refractivity contribution in [2.24, 2.45) is 0 Å². The molecule has 0 bridgehead atoms. The smallest absolute Gasteiger partial charge is 0.371 e. The largest absolute Gasteiger partial charge is 0.409 e. The van der Waals surface area contributed by atoms with Crippen molar-refractivity contribution in [3.63, 3.8) is 0 Å². The molecule has 1 radical (unpaired) electrons. The van der Waals surface area contributed by atoms with Crippen molar-refractivity contribution < 1.29 is 17.4 Å². The van der Waals surface area contributed by atoms with E-state index in [2.05, 4.69) is 4.18 Å². The van der Waals surface area contributed by atoms with E-state index in [9.17, 15) is 13.2 Å². The SMILES string of the molecule is CC1=CC(=O)NS(=O)(=O)O1.[Na]. The Hall–Kier alpha value is -0.0400. The van der Waals surface area contributed by atoms with Gasteiger partial charge in [-0.2, -0.15) is 8.42 Å². The first-order chi connectivity index (χ1) is 4.49. The van der Waals surface area contributed by atoms with Gasteiger partial charge in [0.05, 0.1) is 0 Å². The Labute approximate surface area is 86.3 Å². The van der Waals surface area contributed by atoms with E-state index in [0.717, 1.165) is 6.08 Å². The van der Waals surface area contributed by atoms with Gasteiger partial charge in [0.2, 0.25) is 0 Å². The molecule has 0 aromatic carbocycles. The zero-order chi connectivity index (χ0) is 7.78. The maximum absolute atomic E-state index is 10.5. The van der Waals surface area contributed by atoms with E-state index >= 15 is 0 Å². The standard InChI is InChI=1S/C4H5NO4S.Na/c1-3-2-4(6)5-10(7,8)9-3;/h2H,1H3,(H,5,6);. The molecule has 1 rings (SSSR count). The molecule has 11 heavy (non-hydrogen) atoms. The molecular formula is C4H5NNaO4S. The molecule has 0 aromatic rings. The molecule has 1 N–H and O–H groups in total. The van der Waals surface area contributed by atoms with Crippen molar-refractivity contribution in [3.8, 4) is 0 Å². The summed E-state index contributed by atoms with van der Waals surface area (Å²) in [5, 5.41) is 0. The summed E-state index contributed by atoms with van der Waals surface area (Å²) in [5.41, 5.74) is 0. The van der Waals surface area contributed by atoms with E-state index in [4.69, 9.17) is 0 Å². The van der Waals surface area contributed by atoms with E-state index in [1.54, 1.807) is 4.72 Å². The summed E-state index contributed by atoms with van der Waals surface area (Å²) < 4.78 is 26.8. The minimum Gasteiger partial charge on any atom is -0.371 e. The predicted octanol–water partition coefficient (Wildman–Crippen LogP) is -1.10. The third-order valence-electron chi connectivity index (χ3n) is 0.801. The van der Waals surface area contributed by atoms with Gasteiger partial charge in [0.15, 0.2) is 0 Å². The second-order valence-electron chi connectivity index (χ2n) is 1.76. The van der Waals surface area contributed by atoms with E-state index in [-0.39, 0.29) is 35.3 Å². The molecule has 1 aliphatic rings. The van der Waals surface area contributed by atoms with Gasteiger partial charge in [0.25, 0.3) is 5.91 Å². The Morgan fingerprint density at radius 2 is 2.09 bits per heavy atom. The molecule has 0 atom stereocenters. The van der Waals surface area contributed by atoms with Crippen LogP contribution in [0.3, 0.4) is 0 Å². The monoisotopic (exact) mass is 186 g/mol. The van der Waals surface area contributed by atoms with Crippen molar-refractivity contribution in [2.45, 2.75) is 6.92 Å². The van der Waals surface area contributed by atoms with Gasteiger partial charge in [-0.25, -0.2) is 4.72 Å². The van der Waals surface area contributed by atoms with Crippen LogP contribution in [0, 0.1) is 0 Å². The van der Waals surface area contributed by atoms with Crippen LogP contribution in [0.15, 0.2) is 11.8 Å². The summed E-state index contributed by atoms with van der Waals surface area (Å²) >= 11 is 0. The molecule has 0 fully saturated rings. The zero-order valence-electron chi connectivity index (χ0n) is 6.12. The van der Waals surface area contributed by atoms with E-state index in [0.29, 0.717) is 0 Å². The number of allylic oxidation sites excluding steroid dienone is 1. The number of hydrogen-bond donors (Lipinski definition) is 1. The zero-order valence-corrected chi connectivity index (χ0v) is 8.94. The van der Waals surface area contributed by atoms with Crippen LogP contribution in [-0.2, 0) is 19.3 Å². The van der Waals surface area contributed by atoms with E-state index < -0.39 is 16.2 Å². The van der Waals surface area contributed by atoms with Crippen molar-refractivity contribution in [1.29, 1.82) is 0 Å². The summed E-state index contributed by atoms with van der Waals surface area (Å²) in [6.45, 7) is 1.39. The second-order valence-corrected chi connectivity index (χ2v) is 3.04. The first-order valence-electron chi connectivity index (χ1n) is 2.44. The summed E-state index contributed by atoms with van der Waals surface area (Å²) in [4.78, 5) is 10.4. The quantitative estimate of drug-likeness (QED) is 0.487. The van der Waals surface area contributed by atoms with Crippen LogP contribution in [0.1, 0.15) is 6.92 Å². The number of nitrogens with one attached hydrogen (secondary N) is 1. The number of hydrogen-bond acceptors (Lipinski definition) is 4. The Kier molecular flexibility index (Phi) is 3.56. The molecule has 0 saturated heterocycles. The first kappa shape index (κ1) is 11.0. The fraction of sp³-hybridized carbons (Fsp3) is 0.250. The van der Waals surface area contributed by atoms with Gasteiger partial charge in [-0.05, 0) is 6.92 Å². The van der Waals surface area contributed by atoms with Crippen LogP contribution >= 0.6 is 0 Å². The predicted molar refractivity (Wildman–Crippen MR) is 37.7 cm³/mol. The van der Waals surface area contributed by atoms with Crippen LogP contribution in [0.2, 0.25) is 0 Å². The normalized spacial score (nSPS) is 20.5. The van der Waals surface area contributed by atoms with E-state index in [1.807, 2.05) is 0 Å². The number of carbonyl (C=O) groups excluding carboxylic acids is 1. The summed E-state index contributed by atoms with van der Waals surface area (Å²) in [7, 11) is -3.85. The van der Waals surface area contributed by atoms with Gasteiger partial charge < -0.3 is 4.18 Å². The molecular weight excluding hydrogens is 181 g/mol. The second kappa shape index (κ2) is 3.57. The topological polar surface area (TPSA) is 72.5 Å². The third kappa shape index (κ3) is 3.24. The number of carbonyl (C=O) groups is 1. The third-order valence-corrected chi connectivity index (χ3v) is 1.73. The summed E-state index contributed by atoms with van der Waals surface area (Å²) in [5.74, 6) is -0.604. The molecule has 0 aromatic heterocycles. The van der Waals surface area contributed by atoms with Gasteiger partial charge in [0.1, 0.15) is 5.76 Å². The molecule has 0 aliphatic carbocycles. The molecule has 5 nitrogen and oxygen atoms in total. The first-order valence-corrected chi connectivity index (χ1v) is 3.85. The number of rotatable bonds is 0. The molecule has 0 unspecified atom stereocenters. The van der Waals surface area contributed by atoms with Crippen LogP contribution in [0.25, 0.3) is 0 Å². The van der Waals surface area contributed by atoms with Crippen LogP contribution in [-0.4, -0.2) is 43.9 Å². The van der Waals surface area contributed by atoms with Gasteiger partial charge in [0, 0.05) is 35.6 Å². The van der Waals surface area contributed by atoms with Gasteiger partial charge in [-0.1, -0.05) is 0 Å². The fourth-order valence-corrected chi connectivity index (χ4v) is 1.30. The average Bonchev–Trinajstić information content (AvgIpc) is 1.54. The Morgan fingerprint density at radius 1 is 1.55 bits per heavy atom. The van der Waals surface area contributed by atoms with Crippen molar-refractivity contribution >= 4 is 45.8 Å². The van der Waals surface area contributed by atoms with Gasteiger partial charge in [-0.3, -0.25) is 4.79 Å². The average molecular weight is 186 g/mol. The van der Waals surface area contributed by atoms with Crippen molar-refractivity contribution in [1.82, 2.24) is 4.72 Å². The molecule has 1 aliphatic heterocycles. The Balaban J connectivity index is 0.000001000. The van der Waals surface area contributed by atoms with Crippen LogP contribution in [0.4, 0.5) is 0 Å². The molecule has 1 heterocycles. The van der Waals surface area contributed by atoms with Crippen molar-refractivity contribution in [2.75, 3.05) is 0 Å². The Bertz CT molecular complexity index is 293. The maximum Gasteiger partial charge on any atom is 0.409 e. The molecule has 1 amide bonds.